The highest BCUT2D eigenvalue weighted by Crippen LogP contribution is 2.20. The molecule has 0 saturated carbocycles. The Morgan fingerprint density at radius 1 is 0.815 bits per heavy atom. The Balaban J connectivity index is 1.98. The predicted octanol–water partition coefficient (Wildman–Crippen LogP) is 4.05. The first-order valence-electron chi connectivity index (χ1n) is 8.67. The molecule has 0 fully saturated rings. The third kappa shape index (κ3) is 5.93. The van der Waals surface area contributed by atoms with Crippen molar-refractivity contribution in [1.82, 2.24) is 0 Å². The van der Waals surface area contributed by atoms with Gasteiger partial charge in [-0.05, 0) is 49.2 Å². The molecule has 0 atom stereocenters. The van der Waals surface area contributed by atoms with Gasteiger partial charge >= 0.3 is 11.9 Å². The molecule has 0 radical (unpaired) electrons. The topological polar surface area (TPSA) is 69.7 Å². The van der Waals surface area contributed by atoms with E-state index in [-0.39, 0.29) is 41.8 Å². The molecule has 0 unspecified atom stereocenters. The second-order valence-electron chi connectivity index (χ2n) is 5.84. The van der Waals surface area contributed by atoms with Gasteiger partial charge in [-0.25, -0.2) is 9.59 Å². The molecule has 142 valence electrons. The first-order chi connectivity index (χ1) is 12.9. The van der Waals surface area contributed by atoms with Crippen LogP contribution < -0.4 is 0 Å². The summed E-state index contributed by atoms with van der Waals surface area (Å²) in [6.45, 7) is 4.05. The fourth-order valence-corrected chi connectivity index (χ4v) is 2.81. The number of ketones is 1. The number of rotatable bonds is 8. The average Bonchev–Trinajstić information content (AvgIpc) is 2.62. The van der Waals surface area contributed by atoms with Crippen molar-refractivity contribution >= 4 is 29.3 Å². The van der Waals surface area contributed by atoms with Gasteiger partial charge in [0.15, 0.2) is 0 Å². The van der Waals surface area contributed by atoms with Crippen molar-refractivity contribution in [1.29, 1.82) is 0 Å². The number of Topliss-reactive ketones (excluding diaryl/α,β-unsaturated/α-hetero) is 1. The highest BCUT2D eigenvalue weighted by molar-refractivity contribution is 6.33. The van der Waals surface area contributed by atoms with E-state index >= 15 is 0 Å². The van der Waals surface area contributed by atoms with E-state index in [1.807, 2.05) is 0 Å². The second kappa shape index (κ2) is 9.88. The van der Waals surface area contributed by atoms with Crippen molar-refractivity contribution in [3.05, 3.63) is 69.7 Å². The Kier molecular flexibility index (Phi) is 7.55. The Bertz CT molecular complexity index is 827. The highest BCUT2D eigenvalue weighted by Gasteiger charge is 2.13. The van der Waals surface area contributed by atoms with Crippen LogP contribution in [0.5, 0.6) is 0 Å². The summed E-state index contributed by atoms with van der Waals surface area (Å²) < 4.78 is 9.86. The van der Waals surface area contributed by atoms with Crippen molar-refractivity contribution in [2.75, 3.05) is 13.2 Å². The van der Waals surface area contributed by atoms with Crippen molar-refractivity contribution in [2.45, 2.75) is 26.7 Å². The lowest BCUT2D eigenvalue weighted by Gasteiger charge is -2.07. The minimum Gasteiger partial charge on any atom is -0.462 e. The zero-order chi connectivity index (χ0) is 19.8. The number of carbonyl (C=O) groups is 3. The van der Waals surface area contributed by atoms with Gasteiger partial charge in [0.25, 0.3) is 0 Å². The van der Waals surface area contributed by atoms with Crippen LogP contribution >= 0.6 is 11.6 Å². The average molecular weight is 389 g/mol. The molecule has 0 saturated heterocycles. The Hall–Kier alpha value is -2.66. The van der Waals surface area contributed by atoms with Crippen LogP contribution in [0.3, 0.4) is 0 Å². The quantitative estimate of drug-likeness (QED) is 0.638. The van der Waals surface area contributed by atoms with Crippen molar-refractivity contribution < 1.29 is 23.9 Å². The summed E-state index contributed by atoms with van der Waals surface area (Å²) in [6.07, 6.45) is 0.433. The number of halogens is 1. The molecular weight excluding hydrogens is 368 g/mol. The number of ether oxygens (including phenoxy) is 2. The summed E-state index contributed by atoms with van der Waals surface area (Å²) in [4.78, 5) is 35.7. The number of esters is 2. The van der Waals surface area contributed by atoms with Crippen LogP contribution in [0.25, 0.3) is 0 Å². The molecule has 0 bridgehead atoms. The molecule has 6 heteroatoms. The minimum atomic E-state index is -0.484. The van der Waals surface area contributed by atoms with Gasteiger partial charge in [-0.1, -0.05) is 29.8 Å². The van der Waals surface area contributed by atoms with E-state index in [2.05, 4.69) is 0 Å². The summed E-state index contributed by atoms with van der Waals surface area (Å²) >= 11 is 6.12. The number of hydrogen-bond acceptors (Lipinski definition) is 5. The molecule has 0 spiro atoms. The lowest BCUT2D eigenvalue weighted by molar-refractivity contribution is -0.117. The van der Waals surface area contributed by atoms with E-state index in [0.717, 1.165) is 11.1 Å². The maximum absolute atomic E-state index is 12.3. The van der Waals surface area contributed by atoms with E-state index in [1.165, 1.54) is 0 Å². The van der Waals surface area contributed by atoms with E-state index in [0.29, 0.717) is 12.2 Å². The summed E-state index contributed by atoms with van der Waals surface area (Å²) in [7, 11) is 0. The largest absolute Gasteiger partial charge is 0.462 e. The van der Waals surface area contributed by atoms with E-state index in [9.17, 15) is 14.4 Å². The summed E-state index contributed by atoms with van der Waals surface area (Å²) in [5.74, 6) is -0.868. The zero-order valence-electron chi connectivity index (χ0n) is 15.3. The van der Waals surface area contributed by atoms with Gasteiger partial charge in [-0.15, -0.1) is 0 Å². The molecule has 2 rings (SSSR count). The summed E-state index contributed by atoms with van der Waals surface area (Å²) in [6, 6.07) is 11.6. The van der Waals surface area contributed by atoms with Gasteiger partial charge in [-0.3, -0.25) is 4.79 Å². The standard InChI is InChI=1S/C21H21ClO5/c1-3-26-20(24)16-8-5-14(6-9-16)11-17(23)12-15-7-10-18(19(22)13-15)21(25)27-4-2/h5-10,13H,3-4,11-12H2,1-2H3. The lowest BCUT2D eigenvalue weighted by Crippen LogP contribution is -2.09. The minimum absolute atomic E-state index is 0.00108. The van der Waals surface area contributed by atoms with Crippen LogP contribution in [0.2, 0.25) is 5.02 Å². The molecule has 0 amide bonds. The van der Waals surface area contributed by atoms with Gasteiger partial charge < -0.3 is 9.47 Å². The Labute approximate surface area is 163 Å². The molecule has 0 aliphatic rings. The van der Waals surface area contributed by atoms with Gasteiger partial charge in [0.1, 0.15) is 5.78 Å². The second-order valence-corrected chi connectivity index (χ2v) is 6.25. The first-order valence-corrected chi connectivity index (χ1v) is 9.05. The fourth-order valence-electron chi connectivity index (χ4n) is 2.53. The normalized spacial score (nSPS) is 10.3. The van der Waals surface area contributed by atoms with Crippen LogP contribution in [0.4, 0.5) is 0 Å². The Morgan fingerprint density at radius 2 is 1.37 bits per heavy atom. The van der Waals surface area contributed by atoms with E-state index in [1.54, 1.807) is 56.3 Å². The van der Waals surface area contributed by atoms with E-state index < -0.39 is 5.97 Å². The Morgan fingerprint density at radius 3 is 1.96 bits per heavy atom. The highest BCUT2D eigenvalue weighted by atomic mass is 35.5. The molecule has 0 heterocycles. The van der Waals surface area contributed by atoms with Crippen LogP contribution in [-0.2, 0) is 27.1 Å². The van der Waals surface area contributed by atoms with Gasteiger partial charge in [0.2, 0.25) is 0 Å². The summed E-state index contributed by atoms with van der Waals surface area (Å²) in [5.41, 5.74) is 2.27. The van der Waals surface area contributed by atoms with Gasteiger partial charge in [-0.2, -0.15) is 0 Å². The molecule has 0 aliphatic carbocycles. The van der Waals surface area contributed by atoms with Crippen molar-refractivity contribution in [3.8, 4) is 0 Å². The smallest absolute Gasteiger partial charge is 0.339 e. The third-order valence-corrected chi connectivity index (χ3v) is 4.11. The van der Waals surface area contributed by atoms with Gasteiger partial charge in [0, 0.05) is 12.8 Å². The number of carbonyl (C=O) groups excluding carboxylic acids is 3. The molecule has 0 N–H and O–H groups in total. The zero-order valence-corrected chi connectivity index (χ0v) is 16.0. The first kappa shape index (κ1) is 20.6. The third-order valence-electron chi connectivity index (χ3n) is 3.80. The molecule has 5 nitrogen and oxygen atoms in total. The molecular formula is C21H21ClO5. The number of hydrogen-bond donors (Lipinski definition) is 0. The van der Waals surface area contributed by atoms with Crippen LogP contribution in [0.1, 0.15) is 45.7 Å². The molecule has 2 aromatic rings. The lowest BCUT2D eigenvalue weighted by atomic mass is 10.0. The summed E-state index contributed by atoms with van der Waals surface area (Å²) in [5, 5.41) is 0.262. The van der Waals surface area contributed by atoms with E-state index in [4.69, 9.17) is 21.1 Å². The van der Waals surface area contributed by atoms with Crippen LogP contribution in [0, 0.1) is 0 Å². The SMILES string of the molecule is CCOC(=O)c1ccc(CC(=O)Cc2ccc(C(=O)OCC)c(Cl)c2)cc1. The number of benzene rings is 2. The predicted molar refractivity (Wildman–Crippen MR) is 102 cm³/mol. The monoisotopic (exact) mass is 388 g/mol. The van der Waals surface area contributed by atoms with Crippen LogP contribution in [-0.4, -0.2) is 30.9 Å². The van der Waals surface area contributed by atoms with Gasteiger partial charge in [0.05, 0.1) is 29.4 Å². The molecule has 2 aromatic carbocycles. The van der Waals surface area contributed by atoms with Crippen molar-refractivity contribution in [2.24, 2.45) is 0 Å². The molecule has 27 heavy (non-hydrogen) atoms. The maximum atomic E-state index is 12.3. The maximum Gasteiger partial charge on any atom is 0.339 e. The van der Waals surface area contributed by atoms with Crippen LogP contribution in [0.15, 0.2) is 42.5 Å². The molecule has 0 aliphatic heterocycles. The fraction of sp³-hybridized carbons (Fsp3) is 0.286. The molecule has 0 aromatic heterocycles. The van der Waals surface area contributed by atoms with Crippen molar-refractivity contribution in [3.63, 3.8) is 0 Å².